The van der Waals surface area contributed by atoms with Crippen molar-refractivity contribution in [2.75, 3.05) is 0 Å². The van der Waals surface area contributed by atoms with Gasteiger partial charge in [-0.15, -0.1) is 0 Å². The SMILES string of the molecule is C.C=Cc1cccc(CNC(C)=O)c1C=C. The van der Waals surface area contributed by atoms with Gasteiger partial charge in [-0.1, -0.05) is 50.9 Å². The lowest BCUT2D eigenvalue weighted by Gasteiger charge is -2.09. The third kappa shape index (κ3) is 3.39. The van der Waals surface area contributed by atoms with E-state index < -0.39 is 0 Å². The number of hydrogen-bond donors (Lipinski definition) is 1. The number of benzene rings is 1. The van der Waals surface area contributed by atoms with E-state index in [4.69, 9.17) is 0 Å². The van der Waals surface area contributed by atoms with Gasteiger partial charge in [-0.3, -0.25) is 4.79 Å². The van der Waals surface area contributed by atoms with Crippen LogP contribution < -0.4 is 5.32 Å². The van der Waals surface area contributed by atoms with Crippen LogP contribution in [0.2, 0.25) is 0 Å². The number of hydrogen-bond acceptors (Lipinski definition) is 1. The van der Waals surface area contributed by atoms with E-state index in [0.717, 1.165) is 16.7 Å². The molecule has 0 atom stereocenters. The largest absolute Gasteiger partial charge is 0.352 e. The summed E-state index contributed by atoms with van der Waals surface area (Å²) in [6.45, 7) is 9.54. The van der Waals surface area contributed by atoms with Crippen molar-refractivity contribution in [3.8, 4) is 0 Å². The molecule has 0 fully saturated rings. The van der Waals surface area contributed by atoms with Crippen molar-refractivity contribution in [3.63, 3.8) is 0 Å². The predicted molar refractivity (Wildman–Crippen MR) is 70.9 cm³/mol. The third-order valence-electron chi connectivity index (χ3n) is 2.18. The first-order valence-electron chi connectivity index (χ1n) is 4.80. The summed E-state index contributed by atoms with van der Waals surface area (Å²) < 4.78 is 0. The molecule has 0 saturated heterocycles. The molecule has 0 aliphatic rings. The van der Waals surface area contributed by atoms with Crippen LogP contribution in [-0.4, -0.2) is 5.91 Å². The molecule has 0 saturated carbocycles. The van der Waals surface area contributed by atoms with Crippen LogP contribution in [0.1, 0.15) is 31.0 Å². The van der Waals surface area contributed by atoms with Crippen molar-refractivity contribution in [2.45, 2.75) is 20.9 Å². The Kier molecular flexibility index (Phi) is 5.86. The van der Waals surface area contributed by atoms with Gasteiger partial charge in [-0.2, -0.15) is 0 Å². The summed E-state index contributed by atoms with van der Waals surface area (Å²) in [6.07, 6.45) is 3.57. The Morgan fingerprint density at radius 2 is 2.06 bits per heavy atom. The Balaban J connectivity index is 0.00000225. The van der Waals surface area contributed by atoms with Crippen LogP contribution in [-0.2, 0) is 11.3 Å². The van der Waals surface area contributed by atoms with Gasteiger partial charge in [0, 0.05) is 13.5 Å². The second kappa shape index (κ2) is 6.62. The van der Waals surface area contributed by atoms with E-state index >= 15 is 0 Å². The van der Waals surface area contributed by atoms with Gasteiger partial charge >= 0.3 is 0 Å². The van der Waals surface area contributed by atoms with Gasteiger partial charge in [0.05, 0.1) is 0 Å². The molecule has 0 aromatic heterocycles. The molecule has 86 valence electrons. The van der Waals surface area contributed by atoms with E-state index in [0.29, 0.717) is 6.54 Å². The van der Waals surface area contributed by atoms with Crippen molar-refractivity contribution in [2.24, 2.45) is 0 Å². The lowest BCUT2D eigenvalue weighted by molar-refractivity contribution is -0.119. The number of carbonyl (C=O) groups is 1. The molecule has 0 bridgehead atoms. The smallest absolute Gasteiger partial charge is 0.217 e. The van der Waals surface area contributed by atoms with Gasteiger partial charge in [0.1, 0.15) is 0 Å². The quantitative estimate of drug-likeness (QED) is 0.824. The molecule has 0 unspecified atom stereocenters. The fourth-order valence-corrected chi connectivity index (χ4v) is 1.43. The molecular weight excluding hydrogens is 198 g/mol. The van der Waals surface area contributed by atoms with E-state index in [9.17, 15) is 4.79 Å². The fourth-order valence-electron chi connectivity index (χ4n) is 1.43. The summed E-state index contributed by atoms with van der Waals surface area (Å²) >= 11 is 0. The minimum atomic E-state index is -0.0333. The highest BCUT2D eigenvalue weighted by atomic mass is 16.1. The van der Waals surface area contributed by atoms with Crippen molar-refractivity contribution in [3.05, 3.63) is 48.0 Å². The fraction of sp³-hybridized carbons (Fsp3) is 0.214. The molecular formula is C14H19NO. The average Bonchev–Trinajstić information content (AvgIpc) is 2.25. The molecule has 0 aliphatic heterocycles. The highest BCUT2D eigenvalue weighted by molar-refractivity contribution is 5.73. The summed E-state index contributed by atoms with van der Waals surface area (Å²) in [7, 11) is 0. The minimum Gasteiger partial charge on any atom is -0.352 e. The summed E-state index contributed by atoms with van der Waals surface area (Å²) in [5.41, 5.74) is 3.12. The van der Waals surface area contributed by atoms with E-state index in [2.05, 4.69) is 18.5 Å². The van der Waals surface area contributed by atoms with Crippen LogP contribution in [0.4, 0.5) is 0 Å². The molecule has 1 N–H and O–H groups in total. The summed E-state index contributed by atoms with van der Waals surface area (Å²) in [6, 6.07) is 5.89. The Morgan fingerprint density at radius 1 is 1.38 bits per heavy atom. The van der Waals surface area contributed by atoms with Crippen LogP contribution in [0, 0.1) is 0 Å². The third-order valence-corrected chi connectivity index (χ3v) is 2.18. The van der Waals surface area contributed by atoms with E-state index in [-0.39, 0.29) is 13.3 Å². The first kappa shape index (κ1) is 14.2. The second-order valence-electron chi connectivity index (χ2n) is 3.24. The number of nitrogens with one attached hydrogen (secondary N) is 1. The van der Waals surface area contributed by atoms with E-state index in [1.807, 2.05) is 18.2 Å². The van der Waals surface area contributed by atoms with Crippen molar-refractivity contribution in [1.29, 1.82) is 0 Å². The van der Waals surface area contributed by atoms with Crippen LogP contribution in [0.3, 0.4) is 0 Å². The number of carbonyl (C=O) groups excluding carboxylic acids is 1. The molecule has 0 aliphatic carbocycles. The molecule has 1 amide bonds. The zero-order valence-electron chi connectivity index (χ0n) is 8.92. The van der Waals surface area contributed by atoms with Crippen LogP contribution >= 0.6 is 0 Å². The van der Waals surface area contributed by atoms with E-state index in [1.54, 1.807) is 12.2 Å². The first-order valence-corrected chi connectivity index (χ1v) is 4.80. The predicted octanol–water partition coefficient (Wildman–Crippen LogP) is 3.24. The molecule has 0 spiro atoms. The van der Waals surface area contributed by atoms with Crippen LogP contribution in [0.25, 0.3) is 12.2 Å². The number of amides is 1. The van der Waals surface area contributed by atoms with Gasteiger partial charge in [0.2, 0.25) is 5.91 Å². The maximum Gasteiger partial charge on any atom is 0.217 e. The van der Waals surface area contributed by atoms with Gasteiger partial charge in [0.15, 0.2) is 0 Å². The zero-order valence-corrected chi connectivity index (χ0v) is 8.92. The zero-order chi connectivity index (χ0) is 11.3. The molecule has 1 aromatic carbocycles. The number of rotatable bonds is 4. The Labute approximate surface area is 97.7 Å². The lowest BCUT2D eigenvalue weighted by Crippen LogP contribution is -2.19. The highest BCUT2D eigenvalue weighted by Gasteiger charge is 2.03. The monoisotopic (exact) mass is 217 g/mol. The summed E-state index contributed by atoms with van der Waals surface area (Å²) in [5.74, 6) is -0.0333. The first-order chi connectivity index (χ1) is 7.19. The molecule has 0 radical (unpaired) electrons. The molecule has 1 aromatic rings. The lowest BCUT2D eigenvalue weighted by atomic mass is 10.0. The van der Waals surface area contributed by atoms with E-state index in [1.165, 1.54) is 6.92 Å². The normalized spacial score (nSPS) is 8.81. The van der Waals surface area contributed by atoms with Gasteiger partial charge < -0.3 is 5.32 Å². The van der Waals surface area contributed by atoms with Crippen LogP contribution in [0.5, 0.6) is 0 Å². The standard InChI is InChI=1S/C13H15NO.CH4/c1-4-11-7-6-8-12(13(11)5-2)9-14-10(3)15;/h4-8H,1-2,9H2,3H3,(H,14,15);1H4. The van der Waals surface area contributed by atoms with Gasteiger partial charge in [0.25, 0.3) is 0 Å². The minimum absolute atomic E-state index is 0. The van der Waals surface area contributed by atoms with Crippen LogP contribution in [0.15, 0.2) is 31.4 Å². The Morgan fingerprint density at radius 3 is 2.56 bits per heavy atom. The maximum absolute atomic E-state index is 10.8. The molecule has 2 nitrogen and oxygen atoms in total. The Bertz CT molecular complexity index is 394. The van der Waals surface area contributed by atoms with Crippen molar-refractivity contribution >= 4 is 18.1 Å². The van der Waals surface area contributed by atoms with Gasteiger partial charge in [-0.25, -0.2) is 0 Å². The Hall–Kier alpha value is -1.83. The highest BCUT2D eigenvalue weighted by Crippen LogP contribution is 2.17. The molecule has 0 heterocycles. The van der Waals surface area contributed by atoms with Crippen molar-refractivity contribution in [1.82, 2.24) is 5.32 Å². The van der Waals surface area contributed by atoms with Gasteiger partial charge in [-0.05, 0) is 16.7 Å². The maximum atomic E-state index is 10.8. The molecule has 1 rings (SSSR count). The van der Waals surface area contributed by atoms with Crippen molar-refractivity contribution < 1.29 is 4.79 Å². The average molecular weight is 217 g/mol. The summed E-state index contributed by atoms with van der Waals surface area (Å²) in [4.78, 5) is 10.8. The summed E-state index contributed by atoms with van der Waals surface area (Å²) in [5, 5.41) is 2.77. The molecule has 16 heavy (non-hydrogen) atoms. The molecule has 2 heteroatoms. The second-order valence-corrected chi connectivity index (χ2v) is 3.24. The topological polar surface area (TPSA) is 29.1 Å².